The maximum absolute atomic E-state index is 14.1. The van der Waals surface area contributed by atoms with Crippen molar-refractivity contribution in [2.45, 2.75) is 25.7 Å². The molecule has 2 aliphatic heterocycles. The third-order valence-corrected chi connectivity index (χ3v) is 7.38. The van der Waals surface area contributed by atoms with Crippen LogP contribution in [0.4, 0.5) is 30.6 Å². The van der Waals surface area contributed by atoms with E-state index in [0.29, 0.717) is 50.3 Å². The first-order valence-electron chi connectivity index (χ1n) is 12.9. The number of amides is 3. The van der Waals surface area contributed by atoms with Crippen LogP contribution in [0.2, 0.25) is 0 Å². The quantitative estimate of drug-likeness (QED) is 0.421. The summed E-state index contributed by atoms with van der Waals surface area (Å²) in [4.78, 5) is 43.7. The molecule has 0 unspecified atom stereocenters. The van der Waals surface area contributed by atoms with Gasteiger partial charge in [0.1, 0.15) is 11.6 Å². The van der Waals surface area contributed by atoms with Crippen LogP contribution in [0, 0.1) is 17.6 Å². The molecule has 9 heteroatoms. The fraction of sp³-hybridized carbons (Fsp3) is 0.300. The van der Waals surface area contributed by atoms with Crippen molar-refractivity contribution in [3.63, 3.8) is 0 Å². The van der Waals surface area contributed by atoms with Crippen molar-refractivity contribution in [1.82, 2.24) is 4.90 Å². The molecule has 2 heterocycles. The molecule has 0 saturated carbocycles. The molecule has 3 aromatic rings. The Morgan fingerprint density at radius 1 is 0.897 bits per heavy atom. The van der Waals surface area contributed by atoms with Crippen molar-refractivity contribution < 1.29 is 27.9 Å². The van der Waals surface area contributed by atoms with Crippen molar-refractivity contribution in [2.24, 2.45) is 5.92 Å². The van der Waals surface area contributed by atoms with Crippen LogP contribution >= 0.6 is 0 Å². The van der Waals surface area contributed by atoms with E-state index in [1.807, 2.05) is 18.2 Å². The summed E-state index contributed by atoms with van der Waals surface area (Å²) in [5.41, 5.74) is 3.01. The van der Waals surface area contributed by atoms with Crippen LogP contribution in [0.3, 0.4) is 0 Å². The lowest BCUT2D eigenvalue weighted by molar-refractivity contribution is -0.146. The van der Waals surface area contributed by atoms with Crippen LogP contribution in [-0.2, 0) is 27.2 Å². The van der Waals surface area contributed by atoms with E-state index in [0.717, 1.165) is 16.8 Å². The highest BCUT2D eigenvalue weighted by Crippen LogP contribution is 2.34. The minimum absolute atomic E-state index is 0.0112. The first-order chi connectivity index (χ1) is 18.9. The van der Waals surface area contributed by atoms with Crippen molar-refractivity contribution in [3.8, 4) is 0 Å². The predicted molar refractivity (Wildman–Crippen MR) is 143 cm³/mol. The molecule has 0 aromatic heterocycles. The molecule has 3 amide bonds. The smallest absolute Gasteiger partial charge is 0.324 e. The van der Waals surface area contributed by atoms with Crippen molar-refractivity contribution in [1.29, 1.82) is 0 Å². The van der Waals surface area contributed by atoms with Gasteiger partial charge in [0.25, 0.3) is 0 Å². The lowest BCUT2D eigenvalue weighted by Crippen LogP contribution is -2.47. The van der Waals surface area contributed by atoms with Gasteiger partial charge in [0, 0.05) is 25.3 Å². The number of esters is 1. The minimum Gasteiger partial charge on any atom is -0.469 e. The molecule has 0 atom stereocenters. The zero-order valence-electron chi connectivity index (χ0n) is 21.6. The van der Waals surface area contributed by atoms with Gasteiger partial charge in [-0.3, -0.25) is 19.4 Å². The van der Waals surface area contributed by atoms with Crippen molar-refractivity contribution in [2.75, 3.05) is 36.5 Å². The summed E-state index contributed by atoms with van der Waals surface area (Å²) in [5.74, 6) is -1.80. The van der Waals surface area contributed by atoms with E-state index in [2.05, 4.69) is 0 Å². The number of urea groups is 1. The summed E-state index contributed by atoms with van der Waals surface area (Å²) >= 11 is 0. The summed E-state index contributed by atoms with van der Waals surface area (Å²) in [7, 11) is 1.37. The first kappa shape index (κ1) is 26.3. The number of likely N-dealkylation sites (tertiary alicyclic amines) is 1. The van der Waals surface area contributed by atoms with Gasteiger partial charge in [0.15, 0.2) is 0 Å². The van der Waals surface area contributed by atoms with E-state index in [9.17, 15) is 23.2 Å². The fourth-order valence-electron chi connectivity index (χ4n) is 5.42. The average Bonchev–Trinajstić information content (AvgIpc) is 3.38. The Hall–Kier alpha value is -4.27. The normalized spacial score (nSPS) is 15.2. The molecule has 39 heavy (non-hydrogen) atoms. The predicted octanol–water partition coefficient (Wildman–Crippen LogP) is 5.24. The fourth-order valence-corrected chi connectivity index (χ4v) is 5.42. The molecule has 0 spiro atoms. The molecule has 0 aliphatic carbocycles. The number of hydrogen-bond donors (Lipinski definition) is 0. The Labute approximate surface area is 225 Å². The molecule has 0 N–H and O–H groups in total. The van der Waals surface area contributed by atoms with Crippen molar-refractivity contribution >= 4 is 35.0 Å². The molecule has 2 aliphatic rings. The molecular weight excluding hydrogens is 504 g/mol. The number of carbonyl (C=O) groups excluding carboxylic acids is 3. The number of rotatable bonds is 5. The summed E-state index contributed by atoms with van der Waals surface area (Å²) in [6, 6.07) is 16.7. The van der Waals surface area contributed by atoms with Gasteiger partial charge < -0.3 is 9.64 Å². The molecule has 202 valence electrons. The molecule has 3 aromatic carbocycles. The number of hydrogen-bond acceptors (Lipinski definition) is 4. The number of anilines is 3. The second-order valence-corrected chi connectivity index (χ2v) is 9.75. The molecule has 1 fully saturated rings. The lowest BCUT2D eigenvalue weighted by Gasteiger charge is -2.33. The standard InChI is InChI=1S/C30H29F2N3O4/c1-39-29(37)20-11-14-33(15-12-20)30(38)34-16-13-26-21(5-2-10-27(26)34)17-28(36)35(24-8-3-6-22(31)18-24)25-9-4-7-23(32)19-25/h2-10,18-20H,11-17H2,1H3. The highest BCUT2D eigenvalue weighted by molar-refractivity contribution is 6.02. The Morgan fingerprint density at radius 2 is 1.51 bits per heavy atom. The van der Waals surface area contributed by atoms with Gasteiger partial charge in [-0.25, -0.2) is 13.6 Å². The molecule has 0 radical (unpaired) electrons. The number of benzene rings is 3. The van der Waals surface area contributed by atoms with E-state index in [1.165, 1.54) is 48.4 Å². The maximum atomic E-state index is 14.1. The van der Waals surface area contributed by atoms with Crippen LogP contribution in [0.15, 0.2) is 66.7 Å². The van der Waals surface area contributed by atoms with Gasteiger partial charge in [-0.15, -0.1) is 0 Å². The van der Waals surface area contributed by atoms with Crippen LogP contribution in [0.5, 0.6) is 0 Å². The molecule has 0 bridgehead atoms. The number of carbonyl (C=O) groups is 3. The SMILES string of the molecule is COC(=O)C1CCN(C(=O)N2CCc3c(CC(=O)N(c4cccc(F)c4)c4cccc(F)c4)cccc32)CC1. The number of fused-ring (bicyclic) bond motifs is 1. The van der Waals surface area contributed by atoms with E-state index < -0.39 is 11.6 Å². The van der Waals surface area contributed by atoms with Crippen LogP contribution in [-0.4, -0.2) is 49.6 Å². The number of halogens is 2. The number of piperidine rings is 1. The summed E-state index contributed by atoms with van der Waals surface area (Å²) in [6.07, 6.45) is 1.69. The minimum atomic E-state index is -0.507. The molecule has 5 rings (SSSR count). The van der Waals surface area contributed by atoms with Gasteiger partial charge in [-0.1, -0.05) is 24.3 Å². The molecule has 7 nitrogen and oxygen atoms in total. The number of nitrogens with zero attached hydrogens (tertiary/aromatic N) is 3. The lowest BCUT2D eigenvalue weighted by atomic mass is 9.97. The van der Waals surface area contributed by atoms with E-state index in [1.54, 1.807) is 21.9 Å². The summed E-state index contributed by atoms with van der Waals surface area (Å²) < 4.78 is 33.0. The maximum Gasteiger partial charge on any atom is 0.324 e. The second-order valence-electron chi connectivity index (χ2n) is 9.75. The van der Waals surface area contributed by atoms with Gasteiger partial charge >= 0.3 is 12.0 Å². The summed E-state index contributed by atoms with van der Waals surface area (Å²) in [5, 5.41) is 0. The highest BCUT2D eigenvalue weighted by atomic mass is 19.1. The van der Waals surface area contributed by atoms with Gasteiger partial charge in [0.2, 0.25) is 5.91 Å². The van der Waals surface area contributed by atoms with Crippen LogP contribution in [0.25, 0.3) is 0 Å². The average molecular weight is 534 g/mol. The first-order valence-corrected chi connectivity index (χ1v) is 12.9. The number of ether oxygens (including phenoxy) is 1. The van der Waals surface area contributed by atoms with Gasteiger partial charge in [0.05, 0.1) is 30.8 Å². The number of methoxy groups -OCH3 is 1. The zero-order chi connectivity index (χ0) is 27.5. The topological polar surface area (TPSA) is 70.2 Å². The van der Waals surface area contributed by atoms with E-state index >= 15 is 0 Å². The second kappa shape index (κ2) is 11.2. The third-order valence-electron chi connectivity index (χ3n) is 7.38. The van der Waals surface area contributed by atoms with Gasteiger partial charge in [-0.2, -0.15) is 0 Å². The Kier molecular flexibility index (Phi) is 7.58. The van der Waals surface area contributed by atoms with Crippen molar-refractivity contribution in [3.05, 3.63) is 89.5 Å². The summed E-state index contributed by atoms with van der Waals surface area (Å²) in [6.45, 7) is 1.42. The largest absolute Gasteiger partial charge is 0.469 e. The molecular formula is C30H29F2N3O4. The Balaban J connectivity index is 1.36. The van der Waals surface area contributed by atoms with Crippen LogP contribution in [0.1, 0.15) is 24.0 Å². The Morgan fingerprint density at radius 3 is 2.10 bits per heavy atom. The molecule has 1 saturated heterocycles. The third kappa shape index (κ3) is 5.48. The van der Waals surface area contributed by atoms with Crippen LogP contribution < -0.4 is 9.80 Å². The zero-order valence-corrected chi connectivity index (χ0v) is 21.6. The van der Waals surface area contributed by atoms with Gasteiger partial charge in [-0.05, 0) is 72.9 Å². The highest BCUT2D eigenvalue weighted by Gasteiger charge is 2.34. The van der Waals surface area contributed by atoms with E-state index in [-0.39, 0.29) is 30.2 Å². The Bertz CT molecular complexity index is 1360. The monoisotopic (exact) mass is 533 g/mol. The van der Waals surface area contributed by atoms with E-state index in [4.69, 9.17) is 4.74 Å².